The molecule has 0 saturated carbocycles. The van der Waals surface area contributed by atoms with Crippen LogP contribution in [0.1, 0.15) is 45.1 Å². The van der Waals surface area contributed by atoms with E-state index in [1.54, 1.807) is 33.9 Å². The number of pyridine rings is 1. The number of aliphatic hydroxyl groups is 1. The molecular weight excluding hydrogens is 295 g/mol. The number of hydrogen-bond donors (Lipinski definition) is 3. The molecule has 2 heterocycles. The summed E-state index contributed by atoms with van der Waals surface area (Å²) in [7, 11) is -1.15. The van der Waals surface area contributed by atoms with Gasteiger partial charge in [-0.15, -0.1) is 0 Å². The number of aromatic nitrogens is 1. The third-order valence-electron chi connectivity index (χ3n) is 4.54. The first-order chi connectivity index (χ1) is 10.6. The Hall–Kier alpha value is -0.985. The van der Waals surface area contributed by atoms with E-state index in [9.17, 15) is 10.1 Å². The standard InChI is InChI=1S/C16H27BN2O4/c1-11-8-12(17(21)23-16(4,5)15(2,3)20)9-19-14(11)13-10-18-6-7-22-13/h8-9,13,18,20-21H,6-7,10H2,1-5H3/t13-/m0/s1. The van der Waals surface area contributed by atoms with Crippen molar-refractivity contribution in [2.45, 2.75) is 51.9 Å². The Bertz CT molecular complexity index is 539. The van der Waals surface area contributed by atoms with Crippen molar-refractivity contribution in [2.75, 3.05) is 19.7 Å². The van der Waals surface area contributed by atoms with E-state index in [1.807, 2.05) is 13.0 Å². The molecule has 128 valence electrons. The molecule has 1 aliphatic rings. The van der Waals surface area contributed by atoms with E-state index in [0.717, 1.165) is 24.3 Å². The lowest BCUT2D eigenvalue weighted by Crippen LogP contribution is -2.53. The minimum atomic E-state index is -1.15. The van der Waals surface area contributed by atoms with Crippen molar-refractivity contribution in [3.8, 4) is 0 Å². The molecule has 1 aromatic rings. The molecule has 3 N–H and O–H groups in total. The zero-order valence-electron chi connectivity index (χ0n) is 14.6. The summed E-state index contributed by atoms with van der Waals surface area (Å²) in [6.07, 6.45) is 1.54. The molecular formula is C16H27BN2O4. The smallest absolute Gasteiger partial charge is 0.423 e. The number of ether oxygens (including phenoxy) is 1. The Balaban J connectivity index is 2.13. The quantitative estimate of drug-likeness (QED) is 0.677. The maximum Gasteiger partial charge on any atom is 0.493 e. The van der Waals surface area contributed by atoms with Gasteiger partial charge in [0.05, 0.1) is 23.5 Å². The Morgan fingerprint density at radius 1 is 1.39 bits per heavy atom. The van der Waals surface area contributed by atoms with Crippen LogP contribution in [0.15, 0.2) is 12.3 Å². The van der Waals surface area contributed by atoms with Gasteiger partial charge in [0.2, 0.25) is 0 Å². The summed E-state index contributed by atoms with van der Waals surface area (Å²) >= 11 is 0. The first kappa shape index (κ1) is 18.4. The van der Waals surface area contributed by atoms with Crippen molar-refractivity contribution in [3.05, 3.63) is 23.5 Å². The lowest BCUT2D eigenvalue weighted by atomic mass is 9.76. The molecule has 0 amide bonds. The number of morpholine rings is 1. The summed E-state index contributed by atoms with van der Waals surface area (Å²) in [6, 6.07) is 1.85. The van der Waals surface area contributed by atoms with E-state index in [4.69, 9.17) is 9.39 Å². The fraction of sp³-hybridized carbons (Fsp3) is 0.688. The van der Waals surface area contributed by atoms with Gasteiger partial charge in [0, 0.05) is 24.7 Å². The highest BCUT2D eigenvalue weighted by Gasteiger charge is 2.39. The van der Waals surface area contributed by atoms with Crippen molar-refractivity contribution < 1.29 is 19.5 Å². The molecule has 2 rings (SSSR count). The van der Waals surface area contributed by atoms with E-state index in [2.05, 4.69) is 10.3 Å². The van der Waals surface area contributed by atoms with Gasteiger partial charge < -0.3 is 24.8 Å². The van der Waals surface area contributed by atoms with Crippen LogP contribution in [0.5, 0.6) is 0 Å². The van der Waals surface area contributed by atoms with Crippen molar-refractivity contribution in [2.24, 2.45) is 0 Å². The molecule has 6 nitrogen and oxygen atoms in total. The molecule has 0 radical (unpaired) electrons. The summed E-state index contributed by atoms with van der Waals surface area (Å²) in [5.74, 6) is 0. The number of hydrogen-bond acceptors (Lipinski definition) is 6. The van der Waals surface area contributed by atoms with Crippen LogP contribution in [0.3, 0.4) is 0 Å². The van der Waals surface area contributed by atoms with Crippen LogP contribution in [0, 0.1) is 6.92 Å². The largest absolute Gasteiger partial charge is 0.493 e. The van der Waals surface area contributed by atoms with Gasteiger partial charge in [-0.3, -0.25) is 4.98 Å². The minimum Gasteiger partial charge on any atom is -0.423 e. The minimum absolute atomic E-state index is 0.0660. The second-order valence-electron chi connectivity index (χ2n) is 7.07. The van der Waals surface area contributed by atoms with Crippen molar-refractivity contribution in [1.82, 2.24) is 10.3 Å². The number of nitrogens with one attached hydrogen (secondary N) is 1. The molecule has 1 aromatic heterocycles. The van der Waals surface area contributed by atoms with Gasteiger partial charge in [-0.1, -0.05) is 6.07 Å². The third-order valence-corrected chi connectivity index (χ3v) is 4.54. The van der Waals surface area contributed by atoms with E-state index >= 15 is 0 Å². The van der Waals surface area contributed by atoms with Crippen molar-refractivity contribution >= 4 is 12.6 Å². The Labute approximate surface area is 138 Å². The molecule has 1 atom stereocenters. The van der Waals surface area contributed by atoms with Crippen LogP contribution in [-0.4, -0.2) is 53.1 Å². The average molecular weight is 322 g/mol. The maximum absolute atomic E-state index is 10.3. The van der Waals surface area contributed by atoms with E-state index in [-0.39, 0.29) is 6.10 Å². The Morgan fingerprint density at radius 2 is 2.09 bits per heavy atom. The van der Waals surface area contributed by atoms with Gasteiger partial charge in [0.25, 0.3) is 0 Å². The zero-order valence-corrected chi connectivity index (χ0v) is 14.6. The molecule has 7 heteroatoms. The molecule has 1 fully saturated rings. The highest BCUT2D eigenvalue weighted by atomic mass is 16.5. The first-order valence-corrected chi connectivity index (χ1v) is 7.99. The molecule has 0 aliphatic carbocycles. The topological polar surface area (TPSA) is 83.8 Å². The number of rotatable bonds is 5. The Morgan fingerprint density at radius 3 is 2.61 bits per heavy atom. The van der Waals surface area contributed by atoms with Crippen LogP contribution in [0.2, 0.25) is 0 Å². The summed E-state index contributed by atoms with van der Waals surface area (Å²) in [4.78, 5) is 4.45. The van der Waals surface area contributed by atoms with Crippen LogP contribution in [0.4, 0.5) is 0 Å². The van der Waals surface area contributed by atoms with Gasteiger partial charge in [0.1, 0.15) is 6.10 Å². The molecule has 1 aliphatic heterocycles. The molecule has 0 bridgehead atoms. The molecule has 0 unspecified atom stereocenters. The highest BCUT2D eigenvalue weighted by Crippen LogP contribution is 2.25. The van der Waals surface area contributed by atoms with Gasteiger partial charge in [-0.05, 0) is 40.2 Å². The van der Waals surface area contributed by atoms with Crippen LogP contribution >= 0.6 is 0 Å². The van der Waals surface area contributed by atoms with Crippen LogP contribution < -0.4 is 10.8 Å². The van der Waals surface area contributed by atoms with Crippen molar-refractivity contribution in [3.63, 3.8) is 0 Å². The zero-order chi connectivity index (χ0) is 17.3. The fourth-order valence-corrected chi connectivity index (χ4v) is 2.31. The summed E-state index contributed by atoms with van der Waals surface area (Å²) in [5.41, 5.74) is 0.384. The van der Waals surface area contributed by atoms with Crippen molar-refractivity contribution in [1.29, 1.82) is 0 Å². The van der Waals surface area contributed by atoms with E-state index in [0.29, 0.717) is 12.1 Å². The summed E-state index contributed by atoms with van der Waals surface area (Å²) in [5, 5.41) is 23.7. The lowest BCUT2D eigenvalue weighted by molar-refractivity contribution is -0.0982. The second-order valence-corrected chi connectivity index (χ2v) is 7.07. The Kier molecular flexibility index (Phi) is 5.48. The van der Waals surface area contributed by atoms with Gasteiger partial charge in [-0.25, -0.2) is 0 Å². The van der Waals surface area contributed by atoms with Crippen LogP contribution in [-0.2, 0) is 9.39 Å². The SMILES string of the molecule is Cc1cc(B(O)OC(C)(C)C(C)(C)O)cnc1[C@@H]1CNCCO1. The first-order valence-electron chi connectivity index (χ1n) is 7.99. The lowest BCUT2D eigenvalue weighted by Gasteiger charge is -2.38. The number of nitrogens with zero attached hydrogens (tertiary/aromatic N) is 1. The number of aryl methyl sites for hydroxylation is 1. The molecule has 1 saturated heterocycles. The normalized spacial score (nSPS) is 19.7. The van der Waals surface area contributed by atoms with E-state index in [1.165, 1.54) is 0 Å². The van der Waals surface area contributed by atoms with Gasteiger partial charge >= 0.3 is 7.12 Å². The maximum atomic E-state index is 10.3. The monoisotopic (exact) mass is 322 g/mol. The highest BCUT2D eigenvalue weighted by molar-refractivity contribution is 6.60. The molecule has 23 heavy (non-hydrogen) atoms. The molecule has 0 spiro atoms. The van der Waals surface area contributed by atoms with E-state index < -0.39 is 18.3 Å². The average Bonchev–Trinajstić information content (AvgIpc) is 2.46. The van der Waals surface area contributed by atoms with Gasteiger partial charge in [-0.2, -0.15) is 0 Å². The fourth-order valence-electron chi connectivity index (χ4n) is 2.31. The predicted octanol–water partition coefficient (Wildman–Crippen LogP) is 0.305. The predicted molar refractivity (Wildman–Crippen MR) is 89.6 cm³/mol. The second kappa shape index (κ2) is 6.87. The van der Waals surface area contributed by atoms with Gasteiger partial charge in [0.15, 0.2) is 0 Å². The third kappa shape index (κ3) is 4.30. The molecule has 0 aromatic carbocycles. The van der Waals surface area contributed by atoms with Crippen LogP contribution in [0.25, 0.3) is 0 Å². The summed E-state index contributed by atoms with van der Waals surface area (Å²) < 4.78 is 11.4. The summed E-state index contributed by atoms with van der Waals surface area (Å²) in [6.45, 7) is 11.0.